The summed E-state index contributed by atoms with van der Waals surface area (Å²) in [6.45, 7) is 0.605. The van der Waals surface area contributed by atoms with Crippen molar-refractivity contribution in [3.63, 3.8) is 0 Å². The van der Waals surface area contributed by atoms with E-state index in [1.807, 2.05) is 65.2 Å². The Labute approximate surface area is 139 Å². The molecule has 0 atom stereocenters. The molecule has 0 amide bonds. The summed E-state index contributed by atoms with van der Waals surface area (Å²) in [7, 11) is 0. The number of aromatic nitrogens is 1. The Hall–Kier alpha value is -3.07. The minimum Gasteiger partial charge on any atom is -0.505 e. The van der Waals surface area contributed by atoms with Gasteiger partial charge in [-0.05, 0) is 23.8 Å². The lowest BCUT2D eigenvalue weighted by atomic mass is 10.1. The molecule has 3 heteroatoms. The Morgan fingerprint density at radius 1 is 0.833 bits per heavy atom. The van der Waals surface area contributed by atoms with Crippen molar-refractivity contribution in [2.75, 3.05) is 0 Å². The van der Waals surface area contributed by atoms with E-state index in [2.05, 4.69) is 0 Å². The summed E-state index contributed by atoms with van der Waals surface area (Å²) in [6, 6.07) is 24.3. The van der Waals surface area contributed by atoms with Crippen LogP contribution in [-0.2, 0) is 6.54 Å². The third kappa shape index (κ3) is 2.44. The van der Waals surface area contributed by atoms with Gasteiger partial charge in [-0.1, -0.05) is 60.7 Å². The number of hydrogen-bond donors (Lipinski definition) is 1. The first-order valence-electron chi connectivity index (χ1n) is 7.84. The average molecular weight is 317 g/mol. The Balaban J connectivity index is 1.99. The van der Waals surface area contributed by atoms with Crippen LogP contribution in [0.1, 0.15) is 5.56 Å². The van der Waals surface area contributed by atoms with Crippen LogP contribution < -0.4 is 0 Å². The molecule has 3 aromatic carbocycles. The molecule has 1 heterocycles. The summed E-state index contributed by atoms with van der Waals surface area (Å²) < 4.78 is 15.7. The van der Waals surface area contributed by atoms with Gasteiger partial charge >= 0.3 is 0 Å². The van der Waals surface area contributed by atoms with Gasteiger partial charge in [0.05, 0.1) is 11.2 Å². The molecule has 0 radical (unpaired) electrons. The molecule has 1 aromatic heterocycles. The predicted octanol–water partition coefficient (Wildman–Crippen LogP) is 5.20. The molecule has 0 aliphatic rings. The molecule has 0 unspecified atom stereocenters. The molecular weight excluding hydrogens is 301 g/mol. The second-order valence-corrected chi connectivity index (χ2v) is 5.80. The van der Waals surface area contributed by atoms with E-state index in [0.717, 1.165) is 16.6 Å². The first-order chi connectivity index (χ1) is 11.7. The van der Waals surface area contributed by atoms with E-state index in [-0.39, 0.29) is 11.6 Å². The third-order valence-corrected chi connectivity index (χ3v) is 4.23. The highest BCUT2D eigenvalue weighted by Crippen LogP contribution is 2.39. The van der Waals surface area contributed by atoms with Crippen LogP contribution in [-0.4, -0.2) is 9.67 Å². The average Bonchev–Trinajstić information content (AvgIpc) is 2.88. The normalized spacial score (nSPS) is 11.0. The van der Waals surface area contributed by atoms with Crippen LogP contribution in [0.2, 0.25) is 0 Å². The van der Waals surface area contributed by atoms with Gasteiger partial charge in [0.2, 0.25) is 0 Å². The van der Waals surface area contributed by atoms with Crippen molar-refractivity contribution in [3.8, 4) is 17.0 Å². The van der Waals surface area contributed by atoms with Gasteiger partial charge in [-0.15, -0.1) is 0 Å². The van der Waals surface area contributed by atoms with Gasteiger partial charge in [0, 0.05) is 17.5 Å². The fraction of sp³-hybridized carbons (Fsp3) is 0.0476. The highest BCUT2D eigenvalue weighted by Gasteiger charge is 2.18. The monoisotopic (exact) mass is 317 g/mol. The maximum Gasteiger partial charge on any atom is 0.149 e. The quantitative estimate of drug-likeness (QED) is 0.552. The molecular formula is C21H16FNO. The molecule has 0 fully saturated rings. The molecule has 0 aliphatic carbocycles. The number of rotatable bonds is 3. The molecule has 1 N–H and O–H groups in total. The van der Waals surface area contributed by atoms with Crippen LogP contribution in [0.25, 0.3) is 22.2 Å². The van der Waals surface area contributed by atoms with Gasteiger partial charge < -0.3 is 9.67 Å². The Morgan fingerprint density at radius 2 is 1.50 bits per heavy atom. The van der Waals surface area contributed by atoms with Crippen molar-refractivity contribution in [3.05, 3.63) is 90.2 Å². The van der Waals surface area contributed by atoms with Crippen molar-refractivity contribution in [1.82, 2.24) is 4.57 Å². The van der Waals surface area contributed by atoms with Crippen LogP contribution in [0.15, 0.2) is 78.9 Å². The zero-order valence-electron chi connectivity index (χ0n) is 13.0. The molecule has 2 nitrogen and oxygen atoms in total. The van der Waals surface area contributed by atoms with Crippen LogP contribution in [0.5, 0.6) is 5.75 Å². The number of nitrogens with zero attached hydrogens (tertiary/aromatic N) is 1. The van der Waals surface area contributed by atoms with E-state index >= 15 is 0 Å². The summed E-state index contributed by atoms with van der Waals surface area (Å²) in [5.41, 5.74) is 3.55. The maximum atomic E-state index is 13.7. The summed E-state index contributed by atoms with van der Waals surface area (Å²) in [6.07, 6.45) is 0. The Bertz CT molecular complexity index is 991. The van der Waals surface area contributed by atoms with Gasteiger partial charge in [-0.25, -0.2) is 4.39 Å². The first-order valence-corrected chi connectivity index (χ1v) is 7.84. The number of benzene rings is 3. The lowest BCUT2D eigenvalue weighted by Crippen LogP contribution is -2.01. The van der Waals surface area contributed by atoms with Crippen molar-refractivity contribution in [2.24, 2.45) is 0 Å². The Morgan fingerprint density at radius 3 is 2.21 bits per heavy atom. The standard InChI is InChI=1S/C21H16FNO/c22-17-11-12-19-18(13-17)21(24)20(16-9-5-2-6-10-16)23(19)14-15-7-3-1-4-8-15/h1-13,24H,14H2. The van der Waals surface area contributed by atoms with Crippen molar-refractivity contribution in [1.29, 1.82) is 0 Å². The predicted molar refractivity (Wildman–Crippen MR) is 94.5 cm³/mol. The number of fused-ring (bicyclic) bond motifs is 1. The van der Waals surface area contributed by atoms with Gasteiger partial charge in [0.15, 0.2) is 0 Å². The molecule has 4 aromatic rings. The van der Waals surface area contributed by atoms with Gasteiger partial charge in [0.25, 0.3) is 0 Å². The number of aromatic hydroxyl groups is 1. The summed E-state index contributed by atoms with van der Waals surface area (Å²) in [5, 5.41) is 11.3. The Kier molecular flexibility index (Phi) is 3.54. The molecule has 0 saturated carbocycles. The van der Waals surface area contributed by atoms with E-state index in [0.29, 0.717) is 17.6 Å². The summed E-state index contributed by atoms with van der Waals surface area (Å²) in [4.78, 5) is 0. The van der Waals surface area contributed by atoms with Gasteiger partial charge in [-0.3, -0.25) is 0 Å². The van der Waals surface area contributed by atoms with E-state index in [1.54, 1.807) is 6.07 Å². The summed E-state index contributed by atoms with van der Waals surface area (Å²) in [5.74, 6) is -0.235. The van der Waals surface area contributed by atoms with Crippen LogP contribution in [0.4, 0.5) is 4.39 Å². The molecule has 4 rings (SSSR count). The van der Waals surface area contributed by atoms with Crippen molar-refractivity contribution < 1.29 is 9.50 Å². The van der Waals surface area contributed by atoms with E-state index in [9.17, 15) is 9.50 Å². The zero-order chi connectivity index (χ0) is 16.5. The van der Waals surface area contributed by atoms with Crippen LogP contribution in [0, 0.1) is 5.82 Å². The highest BCUT2D eigenvalue weighted by molar-refractivity contribution is 5.95. The SMILES string of the molecule is Oc1c(-c2ccccc2)n(Cc2ccccc2)c2ccc(F)cc12. The van der Waals surface area contributed by atoms with Crippen LogP contribution in [0.3, 0.4) is 0 Å². The highest BCUT2D eigenvalue weighted by atomic mass is 19.1. The molecule has 24 heavy (non-hydrogen) atoms. The van der Waals surface area contributed by atoms with Crippen LogP contribution >= 0.6 is 0 Å². The minimum absolute atomic E-state index is 0.117. The second kappa shape index (κ2) is 5.85. The van der Waals surface area contributed by atoms with Gasteiger partial charge in [0.1, 0.15) is 11.6 Å². The smallest absolute Gasteiger partial charge is 0.149 e. The topological polar surface area (TPSA) is 25.2 Å². The third-order valence-electron chi connectivity index (χ3n) is 4.23. The fourth-order valence-corrected chi connectivity index (χ4v) is 3.13. The lowest BCUT2D eigenvalue weighted by Gasteiger charge is -2.11. The van der Waals surface area contributed by atoms with E-state index in [4.69, 9.17) is 0 Å². The first kappa shape index (κ1) is 14.5. The number of hydrogen-bond acceptors (Lipinski definition) is 1. The lowest BCUT2D eigenvalue weighted by molar-refractivity contribution is 0.481. The summed E-state index contributed by atoms with van der Waals surface area (Å²) >= 11 is 0. The van der Waals surface area contributed by atoms with E-state index < -0.39 is 0 Å². The number of halogens is 1. The van der Waals surface area contributed by atoms with Crippen molar-refractivity contribution >= 4 is 10.9 Å². The maximum absolute atomic E-state index is 13.7. The molecule has 0 spiro atoms. The molecule has 0 bridgehead atoms. The second-order valence-electron chi connectivity index (χ2n) is 5.80. The zero-order valence-corrected chi connectivity index (χ0v) is 13.0. The largest absolute Gasteiger partial charge is 0.505 e. The van der Waals surface area contributed by atoms with Gasteiger partial charge in [-0.2, -0.15) is 0 Å². The molecule has 118 valence electrons. The molecule has 0 aliphatic heterocycles. The molecule has 0 saturated heterocycles. The van der Waals surface area contributed by atoms with E-state index in [1.165, 1.54) is 12.1 Å². The van der Waals surface area contributed by atoms with Crippen molar-refractivity contribution in [2.45, 2.75) is 6.54 Å². The minimum atomic E-state index is -0.353. The fourth-order valence-electron chi connectivity index (χ4n) is 3.13.